The molecule has 5 nitrogen and oxygen atoms in total. The monoisotopic (exact) mass is 303 g/mol. The molecule has 21 heavy (non-hydrogen) atoms. The highest BCUT2D eigenvalue weighted by Gasteiger charge is 2.39. The Kier molecular flexibility index (Phi) is 3.20. The molecule has 110 valence electrons. The van der Waals surface area contributed by atoms with Gasteiger partial charge in [0.25, 0.3) is 0 Å². The summed E-state index contributed by atoms with van der Waals surface area (Å²) >= 11 is 1.81. The summed E-state index contributed by atoms with van der Waals surface area (Å²) in [6.45, 7) is 4.25. The summed E-state index contributed by atoms with van der Waals surface area (Å²) in [7, 11) is 0. The van der Waals surface area contributed by atoms with Crippen LogP contribution < -0.4 is 5.73 Å². The molecule has 0 radical (unpaired) electrons. The van der Waals surface area contributed by atoms with E-state index in [0.29, 0.717) is 0 Å². The van der Waals surface area contributed by atoms with Crippen molar-refractivity contribution in [3.63, 3.8) is 0 Å². The predicted molar refractivity (Wildman–Crippen MR) is 83.6 cm³/mol. The Hall–Kier alpha value is -1.95. The van der Waals surface area contributed by atoms with Crippen LogP contribution >= 0.6 is 11.8 Å². The fourth-order valence-corrected chi connectivity index (χ4v) is 4.11. The Morgan fingerprint density at radius 3 is 2.90 bits per heavy atom. The molecule has 1 aliphatic heterocycles. The minimum atomic E-state index is -1.05. The number of carbonyl (C=O) groups is 1. The van der Waals surface area contributed by atoms with Gasteiger partial charge in [0.05, 0.1) is 12.4 Å². The molecule has 0 aliphatic carbocycles. The molecule has 1 unspecified atom stereocenters. The molecule has 0 saturated carbocycles. The van der Waals surface area contributed by atoms with Crippen molar-refractivity contribution >= 4 is 23.5 Å². The van der Waals surface area contributed by atoms with Crippen LogP contribution in [0.15, 0.2) is 30.6 Å². The van der Waals surface area contributed by atoms with E-state index in [4.69, 9.17) is 5.73 Å². The first-order valence-electron chi connectivity index (χ1n) is 6.69. The van der Waals surface area contributed by atoms with Crippen LogP contribution in [0.25, 0.3) is 0 Å². The first kappa shape index (κ1) is 14.0. The van der Waals surface area contributed by atoms with Crippen LogP contribution in [0.5, 0.6) is 0 Å². The van der Waals surface area contributed by atoms with E-state index in [2.05, 4.69) is 31.0 Å². The van der Waals surface area contributed by atoms with Gasteiger partial charge >= 0.3 is 5.97 Å². The molecular formula is C15H17N3O2S. The average molecular weight is 303 g/mol. The van der Waals surface area contributed by atoms with Crippen LogP contribution in [-0.4, -0.2) is 25.4 Å². The number of carboxylic acids is 1. The van der Waals surface area contributed by atoms with Crippen molar-refractivity contribution < 1.29 is 9.90 Å². The van der Waals surface area contributed by atoms with Crippen molar-refractivity contribution in [2.75, 3.05) is 5.73 Å². The molecule has 1 atom stereocenters. The number of hydrogen-bond donors (Lipinski definition) is 2. The molecule has 2 heterocycles. The minimum absolute atomic E-state index is 0.0605. The number of anilines is 1. The van der Waals surface area contributed by atoms with E-state index < -0.39 is 5.97 Å². The third-order valence-corrected chi connectivity index (χ3v) is 5.33. The minimum Gasteiger partial charge on any atom is -0.476 e. The lowest BCUT2D eigenvalue weighted by atomic mass is 9.90. The highest BCUT2D eigenvalue weighted by molar-refractivity contribution is 8.00. The molecule has 1 aliphatic rings. The topological polar surface area (TPSA) is 81.1 Å². The number of rotatable bonds is 2. The lowest BCUT2D eigenvalue weighted by Crippen LogP contribution is -2.36. The lowest BCUT2D eigenvalue weighted by Gasteiger charge is -2.40. The van der Waals surface area contributed by atoms with E-state index in [9.17, 15) is 9.90 Å². The molecule has 0 saturated heterocycles. The third-order valence-electron chi connectivity index (χ3n) is 3.91. The van der Waals surface area contributed by atoms with Crippen molar-refractivity contribution in [3.05, 3.63) is 47.4 Å². The quantitative estimate of drug-likeness (QED) is 0.891. The van der Waals surface area contributed by atoms with E-state index >= 15 is 0 Å². The number of aromatic carboxylic acids is 1. The molecule has 0 fully saturated rings. The van der Waals surface area contributed by atoms with Gasteiger partial charge in [0.2, 0.25) is 0 Å². The maximum Gasteiger partial charge on any atom is 0.356 e. The van der Waals surface area contributed by atoms with Gasteiger partial charge in [-0.25, -0.2) is 9.78 Å². The van der Waals surface area contributed by atoms with Crippen molar-refractivity contribution in [3.8, 4) is 0 Å². The second-order valence-corrected chi connectivity index (χ2v) is 7.31. The molecule has 2 aromatic rings. The van der Waals surface area contributed by atoms with Crippen molar-refractivity contribution in [2.24, 2.45) is 0 Å². The maximum atomic E-state index is 11.5. The zero-order valence-electron chi connectivity index (χ0n) is 11.9. The first-order valence-corrected chi connectivity index (χ1v) is 7.67. The summed E-state index contributed by atoms with van der Waals surface area (Å²) in [5.41, 5.74) is 8.17. The smallest absolute Gasteiger partial charge is 0.356 e. The highest BCUT2D eigenvalue weighted by Crippen LogP contribution is 2.48. The van der Waals surface area contributed by atoms with Crippen LogP contribution in [0.4, 0.5) is 5.82 Å². The van der Waals surface area contributed by atoms with Crippen LogP contribution in [0.1, 0.15) is 41.5 Å². The van der Waals surface area contributed by atoms with E-state index in [0.717, 1.165) is 11.3 Å². The number of nitrogens with zero attached hydrogens (tertiary/aromatic N) is 2. The molecule has 1 aromatic carbocycles. The number of thioether (sulfide) groups is 1. The van der Waals surface area contributed by atoms with E-state index in [-0.39, 0.29) is 22.3 Å². The number of hydrogen-bond acceptors (Lipinski definition) is 4. The average Bonchev–Trinajstić information content (AvgIpc) is 2.79. The standard InChI is InChI=1S/C15H17N3O2S/c1-15(2)12(10-6-4-3-5-9(10)7-21-15)18-8-17-13(16)11(18)14(19)20/h3-6,8,12H,7,16H2,1-2H3,(H,19,20). The molecule has 0 spiro atoms. The number of nitrogens with two attached hydrogens (primary N) is 1. The maximum absolute atomic E-state index is 11.5. The number of benzene rings is 1. The summed E-state index contributed by atoms with van der Waals surface area (Å²) in [6, 6.07) is 8.03. The van der Waals surface area contributed by atoms with E-state index in [1.54, 1.807) is 4.57 Å². The zero-order chi connectivity index (χ0) is 15.2. The summed E-state index contributed by atoms with van der Waals surface area (Å²) in [5.74, 6) is -0.0630. The molecule has 0 amide bonds. The Morgan fingerprint density at radius 2 is 2.19 bits per heavy atom. The first-order chi connectivity index (χ1) is 9.92. The summed E-state index contributed by atoms with van der Waals surface area (Å²) < 4.78 is 1.55. The zero-order valence-corrected chi connectivity index (χ0v) is 12.7. The van der Waals surface area contributed by atoms with Gasteiger partial charge in [0.1, 0.15) is 0 Å². The Balaban J connectivity index is 2.23. The van der Waals surface area contributed by atoms with Crippen LogP contribution in [0.2, 0.25) is 0 Å². The van der Waals surface area contributed by atoms with Gasteiger partial charge in [-0.15, -0.1) is 11.8 Å². The van der Waals surface area contributed by atoms with Gasteiger partial charge in [-0.1, -0.05) is 24.3 Å². The van der Waals surface area contributed by atoms with Crippen LogP contribution in [-0.2, 0) is 5.75 Å². The molecule has 3 rings (SSSR count). The summed E-state index contributed by atoms with van der Waals surface area (Å²) in [4.78, 5) is 15.5. The van der Waals surface area contributed by atoms with E-state index in [1.165, 1.54) is 11.9 Å². The SMILES string of the molecule is CC1(C)SCc2ccccc2C1n1cnc(N)c1C(=O)O. The second kappa shape index (κ2) is 4.80. The number of fused-ring (bicyclic) bond motifs is 1. The Bertz CT molecular complexity index is 709. The summed E-state index contributed by atoms with van der Waals surface area (Å²) in [6.07, 6.45) is 1.54. The number of imidazole rings is 1. The van der Waals surface area contributed by atoms with Gasteiger partial charge in [-0.3, -0.25) is 0 Å². The van der Waals surface area contributed by atoms with Crippen molar-refractivity contribution in [1.82, 2.24) is 9.55 Å². The molecule has 6 heteroatoms. The van der Waals surface area contributed by atoms with Crippen molar-refractivity contribution in [2.45, 2.75) is 30.4 Å². The molecule has 1 aromatic heterocycles. The molecule has 3 N–H and O–H groups in total. The third kappa shape index (κ3) is 2.19. The molecule has 0 bridgehead atoms. The van der Waals surface area contributed by atoms with E-state index in [1.807, 2.05) is 23.9 Å². The van der Waals surface area contributed by atoms with Crippen LogP contribution in [0, 0.1) is 0 Å². The lowest BCUT2D eigenvalue weighted by molar-refractivity contribution is 0.0684. The number of nitrogen functional groups attached to an aromatic ring is 1. The Morgan fingerprint density at radius 1 is 1.48 bits per heavy atom. The van der Waals surface area contributed by atoms with Gasteiger partial charge in [-0.2, -0.15) is 0 Å². The van der Waals surface area contributed by atoms with Gasteiger partial charge in [0, 0.05) is 10.5 Å². The fourth-order valence-electron chi connectivity index (χ4n) is 2.93. The van der Waals surface area contributed by atoms with Gasteiger partial charge < -0.3 is 15.4 Å². The normalized spacial score (nSPS) is 20.0. The second-order valence-electron chi connectivity index (χ2n) is 5.68. The van der Waals surface area contributed by atoms with Crippen LogP contribution in [0.3, 0.4) is 0 Å². The Labute approximate surface area is 127 Å². The van der Waals surface area contributed by atoms with Crippen molar-refractivity contribution in [1.29, 1.82) is 0 Å². The fraction of sp³-hybridized carbons (Fsp3) is 0.333. The van der Waals surface area contributed by atoms with Gasteiger partial charge in [0.15, 0.2) is 11.5 Å². The van der Waals surface area contributed by atoms with Gasteiger partial charge in [-0.05, 0) is 25.0 Å². The highest BCUT2D eigenvalue weighted by atomic mass is 32.2. The molecular weight excluding hydrogens is 286 g/mol. The predicted octanol–water partition coefficient (Wildman–Crippen LogP) is 2.78. The largest absolute Gasteiger partial charge is 0.476 e. The number of carboxylic acid groups (broad SMARTS) is 1. The summed E-state index contributed by atoms with van der Waals surface area (Å²) in [5, 5.41) is 9.44. The number of aromatic nitrogens is 2.